The second kappa shape index (κ2) is 9.95. The van der Waals surface area contributed by atoms with E-state index in [1.54, 1.807) is 0 Å². The molecule has 3 nitrogen and oxygen atoms in total. The first kappa shape index (κ1) is 15.7. The van der Waals surface area contributed by atoms with Crippen molar-refractivity contribution in [1.82, 2.24) is 0 Å². The van der Waals surface area contributed by atoms with Crippen LogP contribution in [0.3, 0.4) is 0 Å². The van der Waals surface area contributed by atoms with E-state index in [4.69, 9.17) is 15.1 Å². The minimum atomic E-state index is -2.92. The van der Waals surface area contributed by atoms with Crippen molar-refractivity contribution in [2.75, 3.05) is 0 Å². The van der Waals surface area contributed by atoms with Crippen LogP contribution in [0.2, 0.25) is 0 Å². The Morgan fingerprint density at radius 1 is 1.00 bits per heavy atom. The van der Waals surface area contributed by atoms with Crippen molar-refractivity contribution in [2.24, 2.45) is 0 Å². The molecule has 0 radical (unpaired) electrons. The molecule has 6 heavy (non-hydrogen) atoms. The molecule has 0 rings (SSSR count). The molecule has 0 atom stereocenters. The Labute approximate surface area is 78.7 Å². The molecule has 0 aliphatic heterocycles. The Morgan fingerprint density at radius 3 is 1.00 bits per heavy atom. The Bertz CT molecular complexity index is 15.5. The van der Waals surface area contributed by atoms with Gasteiger partial charge in [0.25, 0.3) is 0 Å². The van der Waals surface area contributed by atoms with Gasteiger partial charge in [-0.1, -0.05) is 0 Å². The van der Waals surface area contributed by atoms with Gasteiger partial charge in [0.05, 0.1) is 0 Å². The van der Waals surface area contributed by atoms with Crippen LogP contribution in [0.15, 0.2) is 0 Å². The van der Waals surface area contributed by atoms with Gasteiger partial charge in [0, 0.05) is 0 Å². The molecule has 0 unspecified atom stereocenters. The van der Waals surface area contributed by atoms with Gasteiger partial charge in [-0.15, -0.1) is 0 Å². The molecular formula is BCaO3Zn+. The number of hydrogen-bond donors (Lipinski definition) is 0. The van der Waals surface area contributed by atoms with Gasteiger partial charge in [0.1, 0.15) is 0 Å². The van der Waals surface area contributed by atoms with E-state index in [0.29, 0.717) is 0 Å². The second-order valence-electron chi connectivity index (χ2n) is 0.289. The third-order valence-corrected chi connectivity index (χ3v) is 0. The molecule has 0 aromatic carbocycles. The van der Waals surface area contributed by atoms with Crippen LogP contribution in [0.1, 0.15) is 0 Å². The van der Waals surface area contributed by atoms with Crippen molar-refractivity contribution >= 4 is 45.1 Å². The van der Waals surface area contributed by atoms with Crippen LogP contribution < -0.4 is 15.1 Å². The molecule has 0 fully saturated rings. The van der Waals surface area contributed by atoms with Crippen molar-refractivity contribution < 1.29 is 34.6 Å². The normalized spacial score (nSPS) is 4.50. The third kappa shape index (κ3) is 40.7. The van der Waals surface area contributed by atoms with Crippen LogP contribution in [0.25, 0.3) is 0 Å². The molecule has 24 valence electrons. The van der Waals surface area contributed by atoms with E-state index in [-0.39, 0.29) is 57.2 Å². The Hall–Kier alpha value is 1.83. The van der Waals surface area contributed by atoms with Crippen LogP contribution in [0, 0.1) is 0 Å². The number of rotatable bonds is 0. The maximum atomic E-state index is 8.42. The monoisotopic (exact) mass is 163 g/mol. The first-order valence-corrected chi connectivity index (χ1v) is 0.707. The molecule has 0 spiro atoms. The summed E-state index contributed by atoms with van der Waals surface area (Å²) in [5.74, 6) is 0. The average Bonchev–Trinajstić information content (AvgIpc) is 0.811. The SMILES string of the molecule is [Ca+2].[O-]B([O-])[O-].[Zn+2]. The first-order chi connectivity index (χ1) is 1.73. The predicted molar refractivity (Wildman–Crippen MR) is 11.5 cm³/mol. The summed E-state index contributed by atoms with van der Waals surface area (Å²) in [6.07, 6.45) is 0. The molecule has 0 aromatic heterocycles. The summed E-state index contributed by atoms with van der Waals surface area (Å²) in [6.45, 7) is 0. The molecule has 0 aliphatic rings. The zero-order valence-corrected chi connectivity index (χ0v) is 8.39. The fourth-order valence-electron chi connectivity index (χ4n) is 0. The average molecular weight is 164 g/mol. The molecule has 0 aliphatic carbocycles. The van der Waals surface area contributed by atoms with Crippen molar-refractivity contribution in [1.29, 1.82) is 0 Å². The van der Waals surface area contributed by atoms with Crippen LogP contribution in [-0.2, 0) is 19.5 Å². The quantitative estimate of drug-likeness (QED) is 0.340. The molecule has 0 heterocycles. The maximum absolute atomic E-state index is 8.42. The molecular weight excluding hydrogens is 164 g/mol. The summed E-state index contributed by atoms with van der Waals surface area (Å²) < 4.78 is 0. The van der Waals surface area contributed by atoms with Gasteiger partial charge >= 0.3 is 57.2 Å². The van der Waals surface area contributed by atoms with E-state index in [9.17, 15) is 0 Å². The van der Waals surface area contributed by atoms with Crippen molar-refractivity contribution in [3.05, 3.63) is 0 Å². The largest absolute Gasteiger partial charge is 2.00 e. The number of hydrogen-bond acceptors (Lipinski definition) is 3. The van der Waals surface area contributed by atoms with E-state index in [1.807, 2.05) is 0 Å². The van der Waals surface area contributed by atoms with Gasteiger partial charge in [-0.05, 0) is 0 Å². The van der Waals surface area contributed by atoms with Gasteiger partial charge in [-0.25, -0.2) is 0 Å². The standard InChI is InChI=1S/BO3.Ca.Zn/c2-1(3)4;;/q-3;2*+2. The van der Waals surface area contributed by atoms with Gasteiger partial charge < -0.3 is 15.1 Å². The van der Waals surface area contributed by atoms with E-state index < -0.39 is 7.32 Å². The topological polar surface area (TPSA) is 69.2 Å². The van der Waals surface area contributed by atoms with Crippen LogP contribution in [0.4, 0.5) is 0 Å². The third-order valence-electron chi connectivity index (χ3n) is 0. The summed E-state index contributed by atoms with van der Waals surface area (Å²) in [5, 5.41) is 25.2. The van der Waals surface area contributed by atoms with Gasteiger partial charge in [0.2, 0.25) is 0 Å². The Balaban J connectivity index is -0.0000000450. The van der Waals surface area contributed by atoms with E-state index in [1.165, 1.54) is 0 Å². The van der Waals surface area contributed by atoms with Crippen LogP contribution in [-0.4, -0.2) is 45.1 Å². The Kier molecular flexibility index (Phi) is 26.0. The van der Waals surface area contributed by atoms with Crippen LogP contribution >= 0.6 is 0 Å². The van der Waals surface area contributed by atoms with Gasteiger partial charge in [0.15, 0.2) is 0 Å². The summed E-state index contributed by atoms with van der Waals surface area (Å²) >= 11 is 0. The fraction of sp³-hybridized carbons (Fsp3) is 0. The molecule has 0 N–H and O–H groups in total. The van der Waals surface area contributed by atoms with Crippen LogP contribution in [0.5, 0.6) is 0 Å². The smallest absolute Gasteiger partial charge is 0.907 e. The zero-order valence-electron chi connectivity index (χ0n) is 3.22. The van der Waals surface area contributed by atoms with Crippen molar-refractivity contribution in [3.63, 3.8) is 0 Å². The van der Waals surface area contributed by atoms with Crippen molar-refractivity contribution in [3.8, 4) is 0 Å². The minimum Gasteiger partial charge on any atom is -0.907 e. The van der Waals surface area contributed by atoms with Crippen molar-refractivity contribution in [2.45, 2.75) is 0 Å². The Morgan fingerprint density at radius 2 is 1.00 bits per heavy atom. The molecule has 0 amide bonds. The molecule has 0 aromatic rings. The molecule has 0 saturated carbocycles. The van der Waals surface area contributed by atoms with Gasteiger partial charge in [-0.3, -0.25) is 7.32 Å². The predicted octanol–water partition coefficient (Wildman–Crippen LogP) is -4.33. The van der Waals surface area contributed by atoms with Gasteiger partial charge in [-0.2, -0.15) is 0 Å². The summed E-state index contributed by atoms with van der Waals surface area (Å²) in [7, 11) is -2.92. The summed E-state index contributed by atoms with van der Waals surface area (Å²) in [5.41, 5.74) is 0. The fourth-order valence-corrected chi connectivity index (χ4v) is 0. The summed E-state index contributed by atoms with van der Waals surface area (Å²) in [4.78, 5) is 0. The molecule has 0 saturated heterocycles. The first-order valence-electron chi connectivity index (χ1n) is 0.707. The van der Waals surface area contributed by atoms with E-state index in [2.05, 4.69) is 0 Å². The van der Waals surface area contributed by atoms with E-state index >= 15 is 0 Å². The zero-order chi connectivity index (χ0) is 3.58. The maximum Gasteiger partial charge on any atom is 2.00 e. The summed E-state index contributed by atoms with van der Waals surface area (Å²) in [6, 6.07) is 0. The molecule has 0 bridgehead atoms. The second-order valence-corrected chi connectivity index (χ2v) is 0.289. The minimum absolute atomic E-state index is 0. The molecule has 6 heteroatoms. The van der Waals surface area contributed by atoms with E-state index in [0.717, 1.165) is 0 Å².